The summed E-state index contributed by atoms with van der Waals surface area (Å²) in [7, 11) is 1.54. The maximum atomic E-state index is 15.7. The highest BCUT2D eigenvalue weighted by Crippen LogP contribution is 2.45. The first-order valence-electron chi connectivity index (χ1n) is 11.4. The first-order valence-corrected chi connectivity index (χ1v) is 11.7. The molecule has 3 heterocycles. The second kappa shape index (κ2) is 9.27. The van der Waals surface area contributed by atoms with Crippen LogP contribution in [0.2, 0.25) is 5.02 Å². The van der Waals surface area contributed by atoms with Crippen LogP contribution in [0.15, 0.2) is 24.3 Å². The van der Waals surface area contributed by atoms with Gasteiger partial charge in [0.05, 0.1) is 23.2 Å². The highest BCUT2D eigenvalue weighted by molar-refractivity contribution is 6.32. The molecule has 5 rings (SSSR count). The van der Waals surface area contributed by atoms with Crippen LogP contribution in [0.4, 0.5) is 4.39 Å². The molecule has 4 aromatic rings. The number of likely N-dealkylation sites (tertiary alicyclic amines) is 1. The molecule has 0 radical (unpaired) electrons. The summed E-state index contributed by atoms with van der Waals surface area (Å²) in [4.78, 5) is 6.99. The lowest BCUT2D eigenvalue weighted by atomic mass is 9.99. The number of hydrogen-bond acceptors (Lipinski definition) is 6. The largest absolute Gasteiger partial charge is 0.506 e. The van der Waals surface area contributed by atoms with E-state index in [9.17, 15) is 5.11 Å². The smallest absolute Gasteiger partial charge is 0.182 e. The Morgan fingerprint density at radius 2 is 1.94 bits per heavy atom. The number of fused-ring (bicyclic) bond motifs is 3. The van der Waals surface area contributed by atoms with Crippen LogP contribution in [-0.2, 0) is 0 Å². The van der Waals surface area contributed by atoms with E-state index in [1.165, 1.54) is 31.4 Å². The minimum Gasteiger partial charge on any atom is -0.506 e. The number of piperidine rings is 1. The zero-order chi connectivity index (χ0) is 23.8. The summed E-state index contributed by atoms with van der Waals surface area (Å²) in [6.07, 6.45) is 3.66. The van der Waals surface area contributed by atoms with Crippen LogP contribution < -0.4 is 9.47 Å². The van der Waals surface area contributed by atoms with Gasteiger partial charge in [0.2, 0.25) is 0 Å². The van der Waals surface area contributed by atoms with Crippen LogP contribution in [0.1, 0.15) is 25.0 Å². The topological polar surface area (TPSA) is 83.5 Å². The third-order valence-corrected chi connectivity index (χ3v) is 6.67. The lowest BCUT2D eigenvalue weighted by molar-refractivity contribution is 0.180. The van der Waals surface area contributed by atoms with Gasteiger partial charge in [0.1, 0.15) is 18.2 Å². The van der Waals surface area contributed by atoms with Gasteiger partial charge in [-0.25, -0.2) is 9.37 Å². The number of methoxy groups -OCH3 is 1. The van der Waals surface area contributed by atoms with E-state index in [1.807, 2.05) is 6.92 Å². The van der Waals surface area contributed by atoms with Crippen molar-refractivity contribution in [1.29, 1.82) is 0 Å². The number of H-pyrrole nitrogens is 1. The number of nitrogens with zero attached hydrogens (tertiary/aromatic N) is 3. The number of phenols is 1. The van der Waals surface area contributed by atoms with Gasteiger partial charge in [-0.15, -0.1) is 0 Å². The highest BCUT2D eigenvalue weighted by Gasteiger charge is 2.24. The van der Waals surface area contributed by atoms with Crippen molar-refractivity contribution in [3.63, 3.8) is 0 Å². The molecule has 0 bridgehead atoms. The molecule has 34 heavy (non-hydrogen) atoms. The number of nitrogens with one attached hydrogen (secondary N) is 1. The molecule has 1 saturated heterocycles. The number of benzene rings is 2. The van der Waals surface area contributed by atoms with Gasteiger partial charge >= 0.3 is 0 Å². The van der Waals surface area contributed by atoms with Crippen molar-refractivity contribution in [2.24, 2.45) is 0 Å². The van der Waals surface area contributed by atoms with E-state index < -0.39 is 5.82 Å². The molecule has 0 aliphatic carbocycles. The predicted molar refractivity (Wildman–Crippen MR) is 131 cm³/mol. The Bertz CT molecular complexity index is 1370. The molecule has 2 aromatic heterocycles. The van der Waals surface area contributed by atoms with Crippen LogP contribution in [-0.4, -0.2) is 58.5 Å². The predicted octanol–water partition coefficient (Wildman–Crippen LogP) is 5.46. The van der Waals surface area contributed by atoms with E-state index in [4.69, 9.17) is 21.1 Å². The SMILES string of the molecule is COc1c(OCCN2CCCCC2)cc(F)c2c(-c3ccc(O)c(Cl)c3)nc3n[nH]c(C)c3c12. The number of halogens is 2. The van der Waals surface area contributed by atoms with E-state index in [2.05, 4.69) is 20.1 Å². The van der Waals surface area contributed by atoms with Crippen molar-refractivity contribution in [1.82, 2.24) is 20.1 Å². The zero-order valence-electron chi connectivity index (χ0n) is 19.1. The van der Waals surface area contributed by atoms with Crippen molar-refractivity contribution >= 4 is 33.4 Å². The molecule has 0 unspecified atom stereocenters. The van der Waals surface area contributed by atoms with E-state index in [-0.39, 0.29) is 16.2 Å². The Morgan fingerprint density at radius 1 is 1.15 bits per heavy atom. The molecule has 178 valence electrons. The van der Waals surface area contributed by atoms with E-state index >= 15 is 4.39 Å². The van der Waals surface area contributed by atoms with Gasteiger partial charge in [-0.05, 0) is 51.1 Å². The first kappa shape index (κ1) is 22.7. The zero-order valence-corrected chi connectivity index (χ0v) is 19.9. The molecule has 0 spiro atoms. The average Bonchev–Trinajstić information content (AvgIpc) is 3.21. The van der Waals surface area contributed by atoms with Crippen LogP contribution in [0.25, 0.3) is 33.1 Å². The van der Waals surface area contributed by atoms with E-state index in [0.717, 1.165) is 25.3 Å². The number of aromatic amines is 1. The summed E-state index contributed by atoms with van der Waals surface area (Å²) in [6, 6.07) is 6.01. The van der Waals surface area contributed by atoms with Gasteiger partial charge in [-0.1, -0.05) is 18.0 Å². The summed E-state index contributed by atoms with van der Waals surface area (Å²) in [5.74, 6) is 0.220. The Kier molecular flexibility index (Phi) is 6.18. The number of aromatic hydroxyl groups is 1. The van der Waals surface area contributed by atoms with Gasteiger partial charge in [0.25, 0.3) is 0 Å². The quantitative estimate of drug-likeness (QED) is 0.378. The van der Waals surface area contributed by atoms with Crippen molar-refractivity contribution in [2.75, 3.05) is 33.4 Å². The molecule has 1 aliphatic heterocycles. The molecule has 0 saturated carbocycles. The summed E-state index contributed by atoms with van der Waals surface area (Å²) >= 11 is 6.14. The Hall–Kier alpha value is -3.10. The Morgan fingerprint density at radius 3 is 2.68 bits per heavy atom. The van der Waals surface area contributed by atoms with Crippen molar-refractivity contribution < 1.29 is 19.0 Å². The van der Waals surface area contributed by atoms with E-state index in [0.29, 0.717) is 45.8 Å². The number of rotatable bonds is 6. The van der Waals surface area contributed by atoms with Crippen molar-refractivity contribution in [2.45, 2.75) is 26.2 Å². The maximum Gasteiger partial charge on any atom is 0.182 e. The summed E-state index contributed by atoms with van der Waals surface area (Å²) in [5.41, 5.74) is 2.07. The van der Waals surface area contributed by atoms with Crippen molar-refractivity contribution in [3.8, 4) is 28.5 Å². The molecule has 2 N–H and O–H groups in total. The normalized spacial score (nSPS) is 14.7. The van der Waals surface area contributed by atoms with Gasteiger partial charge in [-0.2, -0.15) is 5.10 Å². The standard InChI is InChI=1S/C25H26ClFN4O3/c1-14-20-22-21(23(28-25(20)30-29-14)15-6-7-18(32)16(26)12-15)17(27)13-19(24(22)33-2)34-11-10-31-8-4-3-5-9-31/h6-7,12-13,32H,3-5,8-11H2,1-2H3,(H,28,29,30). The molecule has 0 atom stereocenters. The van der Waals surface area contributed by atoms with Gasteiger partial charge in [-0.3, -0.25) is 10.00 Å². The maximum absolute atomic E-state index is 15.7. The number of phenolic OH excluding ortho intramolecular Hbond substituents is 1. The number of hydrogen-bond donors (Lipinski definition) is 2. The third kappa shape index (κ3) is 4.01. The number of aromatic nitrogens is 3. The van der Waals surface area contributed by atoms with E-state index in [1.54, 1.807) is 19.2 Å². The second-order valence-electron chi connectivity index (χ2n) is 8.56. The molecular weight excluding hydrogens is 459 g/mol. The number of aryl methyl sites for hydroxylation is 1. The summed E-state index contributed by atoms with van der Waals surface area (Å²) in [6.45, 7) is 5.18. The number of pyridine rings is 1. The molecule has 1 fully saturated rings. The molecule has 0 amide bonds. The highest BCUT2D eigenvalue weighted by atomic mass is 35.5. The lowest BCUT2D eigenvalue weighted by Gasteiger charge is -2.26. The summed E-state index contributed by atoms with van der Waals surface area (Å²) < 4.78 is 27.6. The molecular formula is C25H26ClFN4O3. The first-order chi connectivity index (χ1) is 16.5. The molecule has 7 nitrogen and oxygen atoms in total. The fraction of sp³-hybridized carbons (Fsp3) is 0.360. The van der Waals surface area contributed by atoms with Crippen LogP contribution in [0.5, 0.6) is 17.2 Å². The lowest BCUT2D eigenvalue weighted by Crippen LogP contribution is -2.33. The second-order valence-corrected chi connectivity index (χ2v) is 8.97. The van der Waals surface area contributed by atoms with Crippen LogP contribution >= 0.6 is 11.6 Å². The monoisotopic (exact) mass is 484 g/mol. The average molecular weight is 485 g/mol. The van der Waals surface area contributed by atoms with Gasteiger partial charge in [0.15, 0.2) is 17.1 Å². The molecule has 1 aliphatic rings. The minimum atomic E-state index is -0.488. The fourth-order valence-electron chi connectivity index (χ4n) is 4.68. The Balaban J connectivity index is 1.66. The Labute approximate surface area is 201 Å². The number of ether oxygens (including phenoxy) is 2. The van der Waals surface area contributed by atoms with Gasteiger partial charge in [0, 0.05) is 34.6 Å². The molecule has 2 aromatic carbocycles. The fourth-order valence-corrected chi connectivity index (χ4v) is 4.86. The summed E-state index contributed by atoms with van der Waals surface area (Å²) in [5, 5.41) is 18.7. The minimum absolute atomic E-state index is 0.0612. The van der Waals surface area contributed by atoms with Crippen molar-refractivity contribution in [3.05, 3.63) is 40.8 Å². The van der Waals surface area contributed by atoms with Crippen LogP contribution in [0, 0.1) is 12.7 Å². The molecule has 9 heteroatoms. The van der Waals surface area contributed by atoms with Crippen LogP contribution in [0.3, 0.4) is 0 Å². The third-order valence-electron chi connectivity index (χ3n) is 6.37. The van der Waals surface area contributed by atoms with Gasteiger partial charge < -0.3 is 14.6 Å².